The van der Waals surface area contributed by atoms with Crippen molar-refractivity contribution in [1.82, 2.24) is 0 Å². The van der Waals surface area contributed by atoms with Gasteiger partial charge in [-0.3, -0.25) is 0 Å². The lowest BCUT2D eigenvalue weighted by Crippen LogP contribution is -2.36. The van der Waals surface area contributed by atoms with Gasteiger partial charge in [0.1, 0.15) is 6.29 Å². The average Bonchev–Trinajstić information content (AvgIpc) is 1.86. The molecule has 0 aromatic rings. The Morgan fingerprint density at radius 1 is 1.60 bits per heavy atom. The lowest BCUT2D eigenvalue weighted by atomic mass is 9.72. The maximum atomic E-state index is 10.4. The van der Waals surface area contributed by atoms with Crippen LogP contribution < -0.4 is 0 Å². The maximum absolute atomic E-state index is 10.4. The molecule has 0 radical (unpaired) electrons. The van der Waals surface area contributed by atoms with Crippen LogP contribution in [0.5, 0.6) is 0 Å². The third kappa shape index (κ3) is 1.21. The molecule has 0 amide bonds. The lowest BCUT2D eigenvalue weighted by molar-refractivity contribution is -0.119. The fourth-order valence-electron chi connectivity index (χ4n) is 1.48. The zero-order chi connectivity index (χ0) is 7.56. The summed E-state index contributed by atoms with van der Waals surface area (Å²) in [6.07, 6.45) is 3.52. The van der Waals surface area contributed by atoms with E-state index in [9.17, 15) is 4.79 Å². The quantitative estimate of drug-likeness (QED) is 0.554. The Hall–Kier alpha value is -0.370. The fraction of sp³-hybridized carbons (Fsp3) is 0.875. The van der Waals surface area contributed by atoms with Crippen molar-refractivity contribution in [2.45, 2.75) is 25.9 Å². The van der Waals surface area contributed by atoms with E-state index in [0.717, 1.165) is 19.1 Å². The smallest absolute Gasteiger partial charge is 0.123 e. The Bertz CT molecular complexity index is 122. The number of ether oxygens (including phenoxy) is 1. The van der Waals surface area contributed by atoms with E-state index in [0.29, 0.717) is 5.92 Å². The molecule has 1 rings (SSSR count). The highest BCUT2D eigenvalue weighted by Crippen LogP contribution is 2.35. The van der Waals surface area contributed by atoms with Gasteiger partial charge in [0.2, 0.25) is 0 Å². The monoisotopic (exact) mass is 142 g/mol. The molecule has 0 bridgehead atoms. The van der Waals surface area contributed by atoms with Crippen molar-refractivity contribution in [3.63, 3.8) is 0 Å². The van der Waals surface area contributed by atoms with Gasteiger partial charge in [-0.25, -0.2) is 0 Å². The number of hydrogen-bond acceptors (Lipinski definition) is 2. The molecular formula is C8H14O2. The molecule has 0 saturated heterocycles. The number of aldehydes is 1. The van der Waals surface area contributed by atoms with E-state index >= 15 is 0 Å². The minimum absolute atomic E-state index is 0.254. The van der Waals surface area contributed by atoms with E-state index in [1.807, 2.05) is 6.92 Å². The Balaban J connectivity index is 2.34. The molecule has 1 saturated carbocycles. The third-order valence-electron chi connectivity index (χ3n) is 2.53. The van der Waals surface area contributed by atoms with Crippen LogP contribution in [0, 0.1) is 11.8 Å². The van der Waals surface area contributed by atoms with Crippen molar-refractivity contribution in [3.05, 3.63) is 0 Å². The van der Waals surface area contributed by atoms with E-state index in [-0.39, 0.29) is 12.0 Å². The summed E-state index contributed by atoms with van der Waals surface area (Å²) in [7, 11) is 1.70. The van der Waals surface area contributed by atoms with Crippen molar-refractivity contribution in [3.8, 4) is 0 Å². The van der Waals surface area contributed by atoms with Gasteiger partial charge in [-0.05, 0) is 25.7 Å². The van der Waals surface area contributed by atoms with Gasteiger partial charge in [-0.1, -0.05) is 0 Å². The van der Waals surface area contributed by atoms with Crippen LogP contribution in [0.3, 0.4) is 0 Å². The van der Waals surface area contributed by atoms with Gasteiger partial charge in [-0.2, -0.15) is 0 Å². The molecule has 2 heteroatoms. The second-order valence-electron chi connectivity index (χ2n) is 2.98. The van der Waals surface area contributed by atoms with Crippen molar-refractivity contribution < 1.29 is 9.53 Å². The molecule has 0 unspecified atom stereocenters. The van der Waals surface area contributed by atoms with Gasteiger partial charge < -0.3 is 9.53 Å². The number of hydrogen-bond donors (Lipinski definition) is 0. The average molecular weight is 142 g/mol. The normalized spacial score (nSPS) is 34.6. The molecular weight excluding hydrogens is 128 g/mol. The maximum Gasteiger partial charge on any atom is 0.123 e. The fourth-order valence-corrected chi connectivity index (χ4v) is 1.48. The minimum atomic E-state index is 0.254. The number of methoxy groups -OCH3 is 1. The summed E-state index contributed by atoms with van der Waals surface area (Å²) < 4.78 is 5.13. The van der Waals surface area contributed by atoms with Crippen LogP contribution in [0.1, 0.15) is 19.8 Å². The Morgan fingerprint density at radius 3 is 2.60 bits per heavy atom. The molecule has 2 nitrogen and oxygen atoms in total. The molecule has 58 valence electrons. The summed E-state index contributed by atoms with van der Waals surface area (Å²) in [5.41, 5.74) is 0. The van der Waals surface area contributed by atoms with Gasteiger partial charge >= 0.3 is 0 Å². The summed E-state index contributed by atoms with van der Waals surface area (Å²) in [6.45, 7) is 2.03. The molecule has 1 fully saturated rings. The van der Waals surface area contributed by atoms with Crippen LogP contribution in [0.25, 0.3) is 0 Å². The highest BCUT2D eigenvalue weighted by molar-refractivity contribution is 5.55. The van der Waals surface area contributed by atoms with Crippen molar-refractivity contribution in [2.24, 2.45) is 11.8 Å². The van der Waals surface area contributed by atoms with Crippen LogP contribution in [0.4, 0.5) is 0 Å². The predicted octanol–water partition coefficient (Wildman–Crippen LogP) is 1.25. The van der Waals surface area contributed by atoms with Crippen LogP contribution in [0.2, 0.25) is 0 Å². The van der Waals surface area contributed by atoms with Crippen LogP contribution in [-0.2, 0) is 9.53 Å². The van der Waals surface area contributed by atoms with Gasteiger partial charge in [0, 0.05) is 13.0 Å². The summed E-state index contributed by atoms with van der Waals surface area (Å²) >= 11 is 0. The molecule has 0 aromatic carbocycles. The van der Waals surface area contributed by atoms with Crippen LogP contribution in [0.15, 0.2) is 0 Å². The largest absolute Gasteiger partial charge is 0.381 e. The second kappa shape index (κ2) is 3.15. The molecule has 0 spiro atoms. The van der Waals surface area contributed by atoms with E-state index in [1.54, 1.807) is 7.11 Å². The Morgan fingerprint density at radius 2 is 2.30 bits per heavy atom. The molecule has 0 aromatic heterocycles. The molecule has 0 N–H and O–H groups in total. The van der Waals surface area contributed by atoms with E-state index in [1.165, 1.54) is 0 Å². The van der Waals surface area contributed by atoms with Crippen LogP contribution in [-0.4, -0.2) is 19.5 Å². The topological polar surface area (TPSA) is 26.3 Å². The standard InChI is InChI=1S/C8H14O2/c1-6(10-2)8-4-3-7(8)5-9/h5-8H,3-4H2,1-2H3/t6-,7+,8-/m1/s1. The van der Waals surface area contributed by atoms with Gasteiger partial charge in [0.05, 0.1) is 6.10 Å². The van der Waals surface area contributed by atoms with Crippen molar-refractivity contribution in [2.75, 3.05) is 7.11 Å². The number of carbonyl (C=O) groups excluding carboxylic acids is 1. The molecule has 0 heterocycles. The summed E-state index contributed by atoms with van der Waals surface area (Å²) in [5, 5.41) is 0. The zero-order valence-corrected chi connectivity index (χ0v) is 6.54. The first-order valence-corrected chi connectivity index (χ1v) is 3.77. The highest BCUT2D eigenvalue weighted by atomic mass is 16.5. The Labute approximate surface area is 61.6 Å². The summed E-state index contributed by atoms with van der Waals surface area (Å²) in [4.78, 5) is 10.4. The van der Waals surface area contributed by atoms with Crippen LogP contribution >= 0.6 is 0 Å². The Kier molecular flexibility index (Phi) is 2.44. The number of rotatable bonds is 3. The van der Waals surface area contributed by atoms with Gasteiger partial charge in [0.25, 0.3) is 0 Å². The SMILES string of the molecule is CO[C@H](C)[C@H]1CC[C@H]1C=O. The summed E-state index contributed by atoms with van der Waals surface area (Å²) in [6, 6.07) is 0. The van der Waals surface area contributed by atoms with Crippen molar-refractivity contribution >= 4 is 6.29 Å². The van der Waals surface area contributed by atoms with E-state index in [2.05, 4.69) is 0 Å². The second-order valence-corrected chi connectivity index (χ2v) is 2.98. The molecule has 3 atom stereocenters. The minimum Gasteiger partial charge on any atom is -0.381 e. The molecule has 10 heavy (non-hydrogen) atoms. The first-order chi connectivity index (χ1) is 4.79. The van der Waals surface area contributed by atoms with E-state index < -0.39 is 0 Å². The zero-order valence-electron chi connectivity index (χ0n) is 6.54. The first-order valence-electron chi connectivity index (χ1n) is 3.77. The molecule has 0 aliphatic heterocycles. The third-order valence-corrected chi connectivity index (χ3v) is 2.53. The first kappa shape index (κ1) is 7.73. The molecule has 1 aliphatic rings. The van der Waals surface area contributed by atoms with Gasteiger partial charge in [0.15, 0.2) is 0 Å². The lowest BCUT2D eigenvalue weighted by Gasteiger charge is -2.36. The van der Waals surface area contributed by atoms with Crippen molar-refractivity contribution in [1.29, 1.82) is 0 Å². The predicted molar refractivity (Wildman–Crippen MR) is 38.7 cm³/mol. The van der Waals surface area contributed by atoms with Gasteiger partial charge in [-0.15, -0.1) is 0 Å². The number of carbonyl (C=O) groups is 1. The highest BCUT2D eigenvalue weighted by Gasteiger charge is 2.34. The summed E-state index contributed by atoms with van der Waals surface area (Å²) in [5.74, 6) is 0.762. The van der Waals surface area contributed by atoms with E-state index in [4.69, 9.17) is 4.74 Å². The molecule has 1 aliphatic carbocycles.